The average molecular weight is 382 g/mol. The molecule has 5 nitrogen and oxygen atoms in total. The van der Waals surface area contributed by atoms with E-state index in [2.05, 4.69) is 5.16 Å². The van der Waals surface area contributed by atoms with Crippen LogP contribution in [0.15, 0.2) is 52.4 Å². The van der Waals surface area contributed by atoms with Crippen LogP contribution in [-0.4, -0.2) is 22.7 Å². The van der Waals surface area contributed by atoms with Crippen molar-refractivity contribution in [1.29, 1.82) is 0 Å². The SMILES string of the molecule is CC1=NOC(C)C1c1ccc2c(=O)cc(C=O)n(-c3ccc(F)cc3F)c2c1. The van der Waals surface area contributed by atoms with Gasteiger partial charge in [-0.3, -0.25) is 9.59 Å². The van der Waals surface area contributed by atoms with Gasteiger partial charge in [-0.2, -0.15) is 0 Å². The molecule has 3 aromatic rings. The first-order chi connectivity index (χ1) is 13.4. The third kappa shape index (κ3) is 2.79. The van der Waals surface area contributed by atoms with Crippen LogP contribution in [-0.2, 0) is 4.84 Å². The summed E-state index contributed by atoms with van der Waals surface area (Å²) in [6.07, 6.45) is 0.277. The van der Waals surface area contributed by atoms with Crippen molar-refractivity contribution in [3.8, 4) is 5.69 Å². The molecule has 0 radical (unpaired) electrons. The number of hydrogen-bond donors (Lipinski definition) is 0. The molecule has 142 valence electrons. The topological polar surface area (TPSA) is 60.7 Å². The number of carbonyl (C=O) groups excluding carboxylic acids is 1. The predicted molar refractivity (Wildman–Crippen MR) is 101 cm³/mol. The van der Waals surface area contributed by atoms with Crippen molar-refractivity contribution in [3.05, 3.63) is 75.6 Å². The molecule has 2 aromatic carbocycles. The number of nitrogens with zero attached hydrogens (tertiary/aromatic N) is 2. The minimum Gasteiger partial charge on any atom is -0.392 e. The maximum absolute atomic E-state index is 14.5. The Morgan fingerprint density at radius 1 is 1.14 bits per heavy atom. The van der Waals surface area contributed by atoms with E-state index in [9.17, 15) is 18.4 Å². The van der Waals surface area contributed by atoms with Crippen molar-refractivity contribution in [2.45, 2.75) is 25.9 Å². The maximum Gasteiger partial charge on any atom is 0.190 e. The Morgan fingerprint density at radius 3 is 2.57 bits per heavy atom. The first-order valence-electron chi connectivity index (χ1n) is 8.71. The van der Waals surface area contributed by atoms with Gasteiger partial charge in [0.25, 0.3) is 0 Å². The van der Waals surface area contributed by atoms with Crippen LogP contribution >= 0.6 is 0 Å². The van der Waals surface area contributed by atoms with E-state index >= 15 is 0 Å². The fraction of sp³-hybridized carbons (Fsp3) is 0.190. The molecule has 2 atom stereocenters. The van der Waals surface area contributed by atoms with Crippen molar-refractivity contribution in [2.75, 3.05) is 0 Å². The zero-order valence-corrected chi connectivity index (χ0v) is 15.1. The molecule has 0 N–H and O–H groups in total. The highest BCUT2D eigenvalue weighted by molar-refractivity contribution is 5.92. The average Bonchev–Trinajstić information content (AvgIpc) is 3.00. The normalized spacial score (nSPS) is 18.8. The number of oxime groups is 1. The van der Waals surface area contributed by atoms with Crippen LogP contribution in [0, 0.1) is 11.6 Å². The number of aromatic nitrogens is 1. The summed E-state index contributed by atoms with van der Waals surface area (Å²) in [6.45, 7) is 3.72. The molecule has 0 spiro atoms. The molecule has 1 aliphatic rings. The summed E-state index contributed by atoms with van der Waals surface area (Å²) in [6, 6.07) is 9.38. The van der Waals surface area contributed by atoms with Crippen molar-refractivity contribution in [1.82, 2.24) is 4.57 Å². The fourth-order valence-corrected chi connectivity index (χ4v) is 3.71. The van der Waals surface area contributed by atoms with Crippen LogP contribution < -0.4 is 5.43 Å². The Morgan fingerprint density at radius 2 is 1.93 bits per heavy atom. The van der Waals surface area contributed by atoms with Gasteiger partial charge < -0.3 is 9.40 Å². The summed E-state index contributed by atoms with van der Waals surface area (Å²) in [5.41, 5.74) is 1.54. The molecule has 2 unspecified atom stereocenters. The van der Waals surface area contributed by atoms with Crippen molar-refractivity contribution < 1.29 is 18.4 Å². The van der Waals surface area contributed by atoms with E-state index in [1.165, 1.54) is 10.6 Å². The Labute approximate surface area is 158 Å². The molecule has 0 saturated carbocycles. The maximum atomic E-state index is 14.5. The number of halogens is 2. The molecule has 28 heavy (non-hydrogen) atoms. The summed E-state index contributed by atoms with van der Waals surface area (Å²) in [5.74, 6) is -1.71. The minimum atomic E-state index is -0.839. The van der Waals surface area contributed by atoms with E-state index < -0.39 is 11.6 Å². The van der Waals surface area contributed by atoms with E-state index in [-0.39, 0.29) is 28.8 Å². The third-order valence-corrected chi connectivity index (χ3v) is 4.98. The van der Waals surface area contributed by atoms with Crippen LogP contribution in [0.3, 0.4) is 0 Å². The predicted octanol–water partition coefficient (Wildman–Crippen LogP) is 3.96. The molecule has 1 aromatic heterocycles. The fourth-order valence-electron chi connectivity index (χ4n) is 3.71. The number of carbonyl (C=O) groups is 1. The van der Waals surface area contributed by atoms with Crippen molar-refractivity contribution in [2.24, 2.45) is 5.16 Å². The second-order valence-corrected chi connectivity index (χ2v) is 6.78. The first-order valence-corrected chi connectivity index (χ1v) is 8.71. The van der Waals surface area contributed by atoms with Crippen LogP contribution in [0.25, 0.3) is 16.6 Å². The van der Waals surface area contributed by atoms with Gasteiger partial charge in [0.05, 0.1) is 28.5 Å². The smallest absolute Gasteiger partial charge is 0.190 e. The quantitative estimate of drug-likeness (QED) is 0.644. The van der Waals surface area contributed by atoms with Gasteiger partial charge in [-0.1, -0.05) is 11.2 Å². The summed E-state index contributed by atoms with van der Waals surface area (Å²) < 4.78 is 29.2. The zero-order chi connectivity index (χ0) is 20.0. The molecule has 0 bridgehead atoms. The molecular formula is C21H16F2N2O3. The largest absolute Gasteiger partial charge is 0.392 e. The lowest BCUT2D eigenvalue weighted by Gasteiger charge is -2.18. The van der Waals surface area contributed by atoms with Gasteiger partial charge in [0.15, 0.2) is 11.7 Å². The number of aldehydes is 1. The first kappa shape index (κ1) is 18.0. The van der Waals surface area contributed by atoms with Gasteiger partial charge in [0.1, 0.15) is 17.7 Å². The van der Waals surface area contributed by atoms with E-state index in [1.807, 2.05) is 13.8 Å². The molecule has 4 rings (SSSR count). The number of pyridine rings is 1. The second-order valence-electron chi connectivity index (χ2n) is 6.78. The molecule has 2 heterocycles. The lowest BCUT2D eigenvalue weighted by Crippen LogP contribution is -2.18. The highest BCUT2D eigenvalue weighted by Crippen LogP contribution is 2.31. The van der Waals surface area contributed by atoms with Gasteiger partial charge in [-0.05, 0) is 43.7 Å². The number of benzene rings is 2. The Kier molecular flexibility index (Phi) is 4.30. The highest BCUT2D eigenvalue weighted by Gasteiger charge is 2.30. The summed E-state index contributed by atoms with van der Waals surface area (Å²) in [5, 5.41) is 4.32. The zero-order valence-electron chi connectivity index (χ0n) is 15.1. The lowest BCUT2D eigenvalue weighted by atomic mass is 9.90. The molecule has 0 amide bonds. The van der Waals surface area contributed by atoms with Crippen LogP contribution in [0.1, 0.15) is 35.8 Å². The molecule has 0 aliphatic carbocycles. The molecular weight excluding hydrogens is 366 g/mol. The van der Waals surface area contributed by atoms with Gasteiger partial charge in [0, 0.05) is 17.5 Å². The van der Waals surface area contributed by atoms with Gasteiger partial charge >= 0.3 is 0 Å². The van der Waals surface area contributed by atoms with E-state index in [0.29, 0.717) is 17.2 Å². The van der Waals surface area contributed by atoms with Gasteiger partial charge in [0.2, 0.25) is 0 Å². The standard InChI is InChI=1S/C21H16F2N2O3/c1-11-21(12(2)28-24-11)13-3-5-16-19(7-13)25(15(10-26)9-20(16)27)18-6-4-14(22)8-17(18)23/h3-10,12,21H,1-2H3. The van der Waals surface area contributed by atoms with Crippen LogP contribution in [0.5, 0.6) is 0 Å². The Hall–Kier alpha value is -3.35. The molecule has 0 saturated heterocycles. The summed E-state index contributed by atoms with van der Waals surface area (Å²) >= 11 is 0. The Bertz CT molecular complexity index is 1200. The lowest BCUT2D eigenvalue weighted by molar-refractivity contribution is 0.0905. The van der Waals surface area contributed by atoms with E-state index in [0.717, 1.165) is 29.5 Å². The summed E-state index contributed by atoms with van der Waals surface area (Å²) in [4.78, 5) is 29.4. The third-order valence-electron chi connectivity index (χ3n) is 4.98. The van der Waals surface area contributed by atoms with Crippen LogP contribution in [0.4, 0.5) is 8.78 Å². The summed E-state index contributed by atoms with van der Waals surface area (Å²) in [7, 11) is 0. The van der Waals surface area contributed by atoms with E-state index in [1.54, 1.807) is 18.2 Å². The Balaban J connectivity index is 2.06. The van der Waals surface area contributed by atoms with E-state index in [4.69, 9.17) is 4.84 Å². The molecule has 7 heteroatoms. The monoisotopic (exact) mass is 382 g/mol. The van der Waals surface area contributed by atoms with Gasteiger partial charge in [-0.15, -0.1) is 0 Å². The molecule has 1 aliphatic heterocycles. The highest BCUT2D eigenvalue weighted by atomic mass is 19.1. The number of rotatable bonds is 3. The second kappa shape index (κ2) is 6.67. The number of hydrogen-bond acceptors (Lipinski definition) is 4. The van der Waals surface area contributed by atoms with Crippen LogP contribution in [0.2, 0.25) is 0 Å². The molecule has 0 fully saturated rings. The van der Waals surface area contributed by atoms with Crippen molar-refractivity contribution >= 4 is 22.9 Å². The van der Waals surface area contributed by atoms with Crippen molar-refractivity contribution in [3.63, 3.8) is 0 Å². The minimum absolute atomic E-state index is 0.0215. The number of fused-ring (bicyclic) bond motifs is 1. The van der Waals surface area contributed by atoms with Gasteiger partial charge in [-0.25, -0.2) is 8.78 Å².